The number of nitrogens with zero attached hydrogens (tertiary/aromatic N) is 2. The zero-order valence-corrected chi connectivity index (χ0v) is 27.2. The fraction of sp³-hybridized carbons (Fsp3) is 0.0667. The molecule has 47 heavy (non-hydrogen) atoms. The predicted molar refractivity (Wildman–Crippen MR) is 204 cm³/mol. The Hall–Kier alpha value is -5.86. The highest BCUT2D eigenvalue weighted by molar-refractivity contribution is 6.10. The average molecular weight is 607 g/mol. The van der Waals surface area contributed by atoms with Crippen molar-refractivity contribution >= 4 is 44.9 Å². The Morgan fingerprint density at radius 1 is 0.468 bits per heavy atom. The lowest BCUT2D eigenvalue weighted by Gasteiger charge is -2.10. The lowest BCUT2D eigenvalue weighted by molar-refractivity contribution is 1.07. The lowest BCUT2D eigenvalue weighted by Crippen LogP contribution is -2.27. The molecule has 0 aliphatic carbocycles. The third-order valence-electron chi connectivity index (χ3n) is 8.83. The quantitative estimate of drug-likeness (QED) is 0.184. The molecule has 2 nitrogen and oxygen atoms in total. The van der Waals surface area contributed by atoms with E-state index in [0.717, 1.165) is 11.0 Å². The van der Waals surface area contributed by atoms with E-state index in [9.17, 15) is 0 Å². The van der Waals surface area contributed by atoms with Gasteiger partial charge in [0, 0.05) is 38.1 Å². The van der Waals surface area contributed by atoms with E-state index in [1.54, 1.807) is 0 Å². The highest BCUT2D eigenvalue weighted by atomic mass is 15.0. The summed E-state index contributed by atoms with van der Waals surface area (Å²) in [5.41, 5.74) is 10.7. The van der Waals surface area contributed by atoms with Gasteiger partial charge in [-0.3, -0.25) is 0 Å². The van der Waals surface area contributed by atoms with Gasteiger partial charge >= 0.3 is 0 Å². The molecular weight excluding hydrogens is 569 g/mol. The fourth-order valence-electron chi connectivity index (χ4n) is 6.83. The van der Waals surface area contributed by atoms with Gasteiger partial charge in [-0.2, -0.15) is 0 Å². The summed E-state index contributed by atoms with van der Waals surface area (Å²) in [6, 6.07) is 52.4. The van der Waals surface area contributed by atoms with Crippen LogP contribution in [0.2, 0.25) is 0 Å². The highest BCUT2D eigenvalue weighted by Crippen LogP contribution is 2.35. The van der Waals surface area contributed by atoms with Crippen LogP contribution in [0.25, 0.3) is 78.5 Å². The van der Waals surface area contributed by atoms with Crippen LogP contribution in [0.4, 0.5) is 0 Å². The van der Waals surface area contributed by atoms with E-state index >= 15 is 0 Å². The van der Waals surface area contributed by atoms with Crippen LogP contribution in [0.1, 0.15) is 20.8 Å². The summed E-state index contributed by atoms with van der Waals surface area (Å²) in [5.74, 6) is 0. The highest BCUT2D eigenvalue weighted by Gasteiger charge is 2.15. The van der Waals surface area contributed by atoms with Crippen LogP contribution in [0.3, 0.4) is 0 Å². The van der Waals surface area contributed by atoms with Crippen molar-refractivity contribution in [3.63, 3.8) is 0 Å². The van der Waals surface area contributed by atoms with E-state index in [0.29, 0.717) is 0 Å². The normalized spacial score (nSPS) is 12.1. The number of aromatic nitrogens is 2. The molecule has 0 N–H and O–H groups in total. The van der Waals surface area contributed by atoms with E-state index in [2.05, 4.69) is 180 Å². The summed E-state index contributed by atoms with van der Waals surface area (Å²) in [6.45, 7) is 10.2. The van der Waals surface area contributed by atoms with Crippen molar-refractivity contribution in [2.75, 3.05) is 0 Å². The summed E-state index contributed by atoms with van der Waals surface area (Å²) < 4.78 is 4.74. The van der Waals surface area contributed by atoms with Gasteiger partial charge < -0.3 is 9.13 Å². The van der Waals surface area contributed by atoms with E-state index in [1.807, 2.05) is 19.9 Å². The topological polar surface area (TPSA) is 9.86 Å². The van der Waals surface area contributed by atoms with Gasteiger partial charge in [-0.1, -0.05) is 130 Å². The summed E-state index contributed by atoms with van der Waals surface area (Å²) in [4.78, 5) is 0. The molecular formula is C45H38N2. The smallest absolute Gasteiger partial charge is 0.0541 e. The van der Waals surface area contributed by atoms with Crippen molar-refractivity contribution in [3.8, 4) is 33.6 Å². The van der Waals surface area contributed by atoms with Gasteiger partial charge in [0.2, 0.25) is 0 Å². The van der Waals surface area contributed by atoms with Crippen molar-refractivity contribution in [1.29, 1.82) is 0 Å². The summed E-state index contributed by atoms with van der Waals surface area (Å²) in [5, 5.41) is 6.05. The van der Waals surface area contributed by atoms with Crippen molar-refractivity contribution in [3.05, 3.63) is 169 Å². The first-order valence-corrected chi connectivity index (χ1v) is 16.4. The Labute approximate surface area is 276 Å². The number of hydrogen-bond acceptors (Lipinski definition) is 0. The van der Waals surface area contributed by atoms with Crippen LogP contribution in [0, 0.1) is 0 Å². The summed E-state index contributed by atoms with van der Waals surface area (Å²) in [7, 11) is 0. The molecule has 0 unspecified atom stereocenters. The van der Waals surface area contributed by atoms with Gasteiger partial charge in [0.1, 0.15) is 0 Å². The fourth-order valence-corrected chi connectivity index (χ4v) is 6.83. The van der Waals surface area contributed by atoms with Crippen LogP contribution >= 0.6 is 0 Å². The molecule has 0 bridgehead atoms. The number of fused-ring (bicyclic) bond motifs is 4. The molecule has 0 aliphatic rings. The standard InChI is InChI=1S/C43H32N2.C2H6/c1-3-14-36-38-28-32(24-26-43(38)45(40(36)4-2)35-20-13-17-31(27-35)30-15-7-5-8-16-30)33-23-25-42-39(29-33)37-21-11-12-22-41(37)44(42)34-18-9-6-10-19-34;1-2/h3-29H,1H2,2H3;1-2H3/b36-14-,40-4+;. The third-order valence-corrected chi connectivity index (χ3v) is 8.83. The second-order valence-electron chi connectivity index (χ2n) is 11.4. The Balaban J connectivity index is 0.00000172. The van der Waals surface area contributed by atoms with Crippen LogP contribution in [-0.2, 0) is 0 Å². The zero-order chi connectivity index (χ0) is 32.3. The van der Waals surface area contributed by atoms with Crippen LogP contribution in [0.15, 0.2) is 158 Å². The second-order valence-corrected chi connectivity index (χ2v) is 11.4. The Morgan fingerprint density at radius 3 is 1.72 bits per heavy atom. The molecule has 0 radical (unpaired) electrons. The van der Waals surface area contributed by atoms with E-state index in [4.69, 9.17) is 0 Å². The number of allylic oxidation sites excluding steroid dienone is 1. The first-order chi connectivity index (χ1) is 23.2. The molecule has 6 aromatic carbocycles. The first kappa shape index (κ1) is 29.8. The maximum atomic E-state index is 4.06. The monoisotopic (exact) mass is 606 g/mol. The number of hydrogen-bond donors (Lipinski definition) is 0. The Morgan fingerprint density at radius 2 is 1.02 bits per heavy atom. The van der Waals surface area contributed by atoms with Gasteiger partial charge in [-0.05, 0) is 83.8 Å². The molecule has 2 heterocycles. The van der Waals surface area contributed by atoms with Crippen molar-refractivity contribution < 1.29 is 0 Å². The van der Waals surface area contributed by atoms with Crippen LogP contribution < -0.4 is 10.6 Å². The Bertz CT molecular complexity index is 2490. The van der Waals surface area contributed by atoms with Gasteiger partial charge in [-0.25, -0.2) is 0 Å². The first-order valence-electron chi connectivity index (χ1n) is 16.4. The minimum absolute atomic E-state index is 1.14. The minimum atomic E-state index is 1.14. The van der Waals surface area contributed by atoms with Crippen molar-refractivity contribution in [2.24, 2.45) is 0 Å². The molecule has 8 rings (SSSR count). The van der Waals surface area contributed by atoms with Crippen LogP contribution in [-0.4, -0.2) is 9.13 Å². The molecule has 0 fully saturated rings. The molecule has 2 aromatic heterocycles. The van der Waals surface area contributed by atoms with E-state index < -0.39 is 0 Å². The number of rotatable bonds is 5. The zero-order valence-electron chi connectivity index (χ0n) is 27.2. The van der Waals surface area contributed by atoms with Gasteiger partial charge in [-0.15, -0.1) is 0 Å². The minimum Gasteiger partial charge on any atom is -0.310 e. The molecule has 0 atom stereocenters. The lowest BCUT2D eigenvalue weighted by atomic mass is 10.0. The van der Waals surface area contributed by atoms with Crippen LogP contribution in [0.5, 0.6) is 0 Å². The predicted octanol–water partition coefficient (Wildman–Crippen LogP) is 10.9. The van der Waals surface area contributed by atoms with E-state index in [-0.39, 0.29) is 0 Å². The summed E-state index contributed by atoms with van der Waals surface area (Å²) in [6.07, 6.45) is 6.23. The number of benzene rings is 6. The largest absolute Gasteiger partial charge is 0.310 e. The van der Waals surface area contributed by atoms with Gasteiger partial charge in [0.05, 0.1) is 16.6 Å². The molecule has 0 amide bonds. The molecule has 8 aromatic rings. The SMILES string of the molecule is C=C/C=c1\c(=C/C)n(-c2cccc(-c3ccccc3)c2)c2ccc(-c3ccc4c(c3)c3ccccc3n4-c3ccccc3)cc12.CC. The molecule has 0 saturated heterocycles. The maximum absolute atomic E-state index is 4.06. The molecule has 0 saturated carbocycles. The molecule has 0 spiro atoms. The molecule has 0 aliphatic heterocycles. The van der Waals surface area contributed by atoms with E-state index in [1.165, 1.54) is 65.9 Å². The Kier molecular flexibility index (Phi) is 8.16. The second kappa shape index (κ2) is 12.9. The number of para-hydroxylation sites is 2. The third kappa shape index (κ3) is 5.18. The average Bonchev–Trinajstić information content (AvgIpc) is 3.65. The molecule has 2 heteroatoms. The summed E-state index contributed by atoms with van der Waals surface area (Å²) >= 11 is 0. The maximum Gasteiger partial charge on any atom is 0.0541 e. The molecule has 228 valence electrons. The van der Waals surface area contributed by atoms with Gasteiger partial charge in [0.25, 0.3) is 0 Å². The van der Waals surface area contributed by atoms with Crippen molar-refractivity contribution in [1.82, 2.24) is 9.13 Å². The van der Waals surface area contributed by atoms with Gasteiger partial charge in [0.15, 0.2) is 0 Å². The van der Waals surface area contributed by atoms with Crippen molar-refractivity contribution in [2.45, 2.75) is 20.8 Å².